The summed E-state index contributed by atoms with van der Waals surface area (Å²) in [5.41, 5.74) is 3.51. The average Bonchev–Trinajstić information content (AvgIpc) is 3.50. The summed E-state index contributed by atoms with van der Waals surface area (Å²) in [5, 5.41) is 0. The molecule has 1 aliphatic heterocycles. The third kappa shape index (κ3) is 6.07. The van der Waals surface area contributed by atoms with Crippen LogP contribution in [0.2, 0.25) is 0 Å². The minimum absolute atomic E-state index is 0.0329. The Labute approximate surface area is 233 Å². The molecule has 40 heavy (non-hydrogen) atoms. The van der Waals surface area contributed by atoms with Gasteiger partial charge in [-0.25, -0.2) is 14.8 Å². The maximum absolute atomic E-state index is 14.6. The number of benzene rings is 1. The molecule has 1 aromatic carbocycles. The van der Waals surface area contributed by atoms with Gasteiger partial charge in [-0.1, -0.05) is 25.1 Å². The van der Waals surface area contributed by atoms with Gasteiger partial charge in [-0.05, 0) is 54.7 Å². The van der Waals surface area contributed by atoms with Crippen molar-refractivity contribution in [3.63, 3.8) is 0 Å². The normalized spacial score (nSPS) is 17.4. The quantitative estimate of drug-likeness (QED) is 0.287. The lowest BCUT2D eigenvalue weighted by atomic mass is 10.2. The molecule has 1 saturated heterocycles. The first-order valence-electron chi connectivity index (χ1n) is 13.6. The molecular formula is C30H34FN5O4. The first-order chi connectivity index (χ1) is 19.5. The van der Waals surface area contributed by atoms with Gasteiger partial charge in [-0.2, -0.15) is 9.37 Å². The number of hydrogen-bond acceptors (Lipinski definition) is 9. The van der Waals surface area contributed by atoms with E-state index < -0.39 is 11.9 Å². The summed E-state index contributed by atoms with van der Waals surface area (Å²) in [7, 11) is 2.90. The number of piperazine rings is 1. The largest absolute Gasteiger partial charge is 0.497 e. The number of aromatic nitrogens is 3. The highest BCUT2D eigenvalue weighted by Gasteiger charge is 2.29. The highest BCUT2D eigenvalue weighted by molar-refractivity contribution is 5.87. The summed E-state index contributed by atoms with van der Waals surface area (Å²) < 4.78 is 30.6. The van der Waals surface area contributed by atoms with E-state index in [9.17, 15) is 9.18 Å². The predicted octanol–water partition coefficient (Wildman–Crippen LogP) is 4.32. The van der Waals surface area contributed by atoms with Crippen LogP contribution in [0.1, 0.15) is 47.2 Å². The van der Waals surface area contributed by atoms with Crippen molar-refractivity contribution in [1.82, 2.24) is 19.9 Å². The van der Waals surface area contributed by atoms with Gasteiger partial charge in [0.25, 0.3) is 0 Å². The lowest BCUT2D eigenvalue weighted by molar-refractivity contribution is 0.0592. The molecule has 1 fully saturated rings. The molecule has 3 aromatic rings. The lowest BCUT2D eigenvalue weighted by Gasteiger charge is -2.38. The number of nitrogens with zero attached hydrogens (tertiary/aromatic N) is 5. The molecule has 10 heteroatoms. The maximum atomic E-state index is 14.6. The molecule has 210 valence electrons. The lowest BCUT2D eigenvalue weighted by Crippen LogP contribution is -2.49. The van der Waals surface area contributed by atoms with Crippen LogP contribution in [-0.2, 0) is 17.8 Å². The molecule has 0 radical (unpaired) electrons. The summed E-state index contributed by atoms with van der Waals surface area (Å²) in [6.45, 7) is 5.40. The highest BCUT2D eigenvalue weighted by atomic mass is 19.1. The molecular weight excluding hydrogens is 513 g/mol. The van der Waals surface area contributed by atoms with Gasteiger partial charge in [-0.3, -0.25) is 4.90 Å². The summed E-state index contributed by atoms with van der Waals surface area (Å²) in [6, 6.07) is 11.2. The number of carbonyl (C=O) groups is 1. The second-order valence-electron chi connectivity index (χ2n) is 9.83. The zero-order valence-electron chi connectivity index (χ0n) is 23.1. The van der Waals surface area contributed by atoms with Crippen LogP contribution in [0.3, 0.4) is 0 Å². The molecule has 0 bridgehead atoms. The van der Waals surface area contributed by atoms with Crippen LogP contribution in [0.4, 0.5) is 10.1 Å². The monoisotopic (exact) mass is 547 g/mol. The first kappa shape index (κ1) is 27.5. The number of hydrogen-bond donors (Lipinski definition) is 0. The van der Waals surface area contributed by atoms with Crippen LogP contribution in [-0.4, -0.2) is 72.3 Å². The Kier molecular flexibility index (Phi) is 8.54. The fourth-order valence-electron chi connectivity index (χ4n) is 5.14. The van der Waals surface area contributed by atoms with Gasteiger partial charge in [0.2, 0.25) is 11.8 Å². The van der Waals surface area contributed by atoms with Crippen molar-refractivity contribution < 1.29 is 23.4 Å². The minimum Gasteiger partial charge on any atom is -0.497 e. The number of aryl methyl sites for hydroxylation is 1. The van der Waals surface area contributed by atoms with Crippen LogP contribution in [0.15, 0.2) is 48.7 Å². The number of halogens is 1. The van der Waals surface area contributed by atoms with Gasteiger partial charge < -0.3 is 19.1 Å². The zero-order valence-corrected chi connectivity index (χ0v) is 23.1. The van der Waals surface area contributed by atoms with Gasteiger partial charge in [-0.15, -0.1) is 0 Å². The van der Waals surface area contributed by atoms with Gasteiger partial charge in [0.1, 0.15) is 12.4 Å². The first-order valence-corrected chi connectivity index (χ1v) is 13.6. The molecule has 0 N–H and O–H groups in total. The van der Waals surface area contributed by atoms with Crippen molar-refractivity contribution >= 4 is 17.2 Å². The van der Waals surface area contributed by atoms with Gasteiger partial charge >= 0.3 is 5.97 Å². The Hall–Kier alpha value is -4.05. The van der Waals surface area contributed by atoms with E-state index in [1.54, 1.807) is 13.2 Å². The van der Waals surface area contributed by atoms with Crippen molar-refractivity contribution in [2.45, 2.75) is 38.8 Å². The molecule has 0 spiro atoms. The second-order valence-corrected chi connectivity index (χ2v) is 9.83. The Balaban J connectivity index is 1.21. The number of pyridine rings is 1. The topological polar surface area (TPSA) is 89.9 Å². The molecule has 1 aliphatic carbocycles. The van der Waals surface area contributed by atoms with Crippen LogP contribution in [0, 0.1) is 5.95 Å². The molecule has 2 aliphatic rings. The molecule has 0 saturated carbocycles. The molecule has 5 rings (SSSR count). The summed E-state index contributed by atoms with van der Waals surface area (Å²) in [5.74, 6) is 0.836. The number of esters is 1. The molecule has 2 aromatic heterocycles. The molecule has 1 atom stereocenters. The third-order valence-corrected chi connectivity index (χ3v) is 7.48. The van der Waals surface area contributed by atoms with Crippen molar-refractivity contribution in [1.29, 1.82) is 0 Å². The molecule has 0 amide bonds. The number of anilines is 1. The molecule has 9 nitrogen and oxygen atoms in total. The van der Waals surface area contributed by atoms with Crippen LogP contribution in [0.25, 0.3) is 5.57 Å². The summed E-state index contributed by atoms with van der Waals surface area (Å²) >= 11 is 0. The van der Waals surface area contributed by atoms with Crippen LogP contribution >= 0.6 is 0 Å². The van der Waals surface area contributed by atoms with Crippen molar-refractivity contribution in [2.75, 3.05) is 45.3 Å². The molecule has 1 unspecified atom stereocenters. The average molecular weight is 548 g/mol. The summed E-state index contributed by atoms with van der Waals surface area (Å²) in [6.07, 6.45) is 6.79. The van der Waals surface area contributed by atoms with Gasteiger partial charge in [0.15, 0.2) is 11.5 Å². The van der Waals surface area contributed by atoms with E-state index in [0.29, 0.717) is 37.1 Å². The third-order valence-electron chi connectivity index (χ3n) is 7.48. The van der Waals surface area contributed by atoms with Gasteiger partial charge in [0.05, 0.1) is 19.9 Å². The minimum atomic E-state index is -0.655. The Morgan fingerprint density at radius 1 is 1.05 bits per heavy atom. The maximum Gasteiger partial charge on any atom is 0.356 e. The van der Waals surface area contributed by atoms with E-state index in [-0.39, 0.29) is 11.7 Å². The number of carbonyl (C=O) groups excluding carboxylic acids is 1. The number of ether oxygens (including phenoxy) is 3. The van der Waals surface area contributed by atoms with E-state index >= 15 is 0 Å². The van der Waals surface area contributed by atoms with E-state index in [4.69, 9.17) is 14.5 Å². The molecule has 3 heterocycles. The fraction of sp³-hybridized carbons (Fsp3) is 0.400. The second kappa shape index (κ2) is 12.4. The van der Waals surface area contributed by atoms with Crippen molar-refractivity contribution in [2.24, 2.45) is 0 Å². The van der Waals surface area contributed by atoms with E-state index in [1.165, 1.54) is 13.2 Å². The van der Waals surface area contributed by atoms with Crippen molar-refractivity contribution in [3.8, 4) is 11.6 Å². The van der Waals surface area contributed by atoms with Crippen LogP contribution in [0.5, 0.6) is 11.6 Å². The fourth-order valence-corrected chi connectivity index (χ4v) is 5.14. The zero-order chi connectivity index (χ0) is 28.1. The standard InChI is InChI=1S/C30H34FN5O4/c1-4-21-18-32-28(34-29(21)40-19-20-5-9-24(38-2)10-6-20)22-7-8-23(17-22)35-13-15-36(16-14-35)26-12-11-25(30(37)39-3)33-27(26)31/h5-6,9-12,17-18,23H,4,7-8,13-16,19H2,1-3H3. The van der Waals surface area contributed by atoms with E-state index in [1.807, 2.05) is 35.4 Å². The SMILES string of the molecule is CCc1cnc(C2=CC(N3CCN(c4ccc(C(=O)OC)nc4F)CC3)CC2)nc1OCc1ccc(OC)cc1. The van der Waals surface area contributed by atoms with E-state index in [2.05, 4.69) is 32.6 Å². The summed E-state index contributed by atoms with van der Waals surface area (Å²) in [4.78, 5) is 29.3. The smallest absolute Gasteiger partial charge is 0.356 e. The van der Waals surface area contributed by atoms with Crippen LogP contribution < -0.4 is 14.4 Å². The Bertz CT molecular complexity index is 1370. The van der Waals surface area contributed by atoms with Crippen molar-refractivity contribution in [3.05, 3.63) is 77.3 Å². The van der Waals surface area contributed by atoms with Gasteiger partial charge in [0, 0.05) is 44.0 Å². The predicted molar refractivity (Wildman–Crippen MR) is 149 cm³/mol. The number of methoxy groups -OCH3 is 2. The Morgan fingerprint density at radius 2 is 1.82 bits per heavy atom. The number of rotatable bonds is 9. The Morgan fingerprint density at radius 3 is 2.50 bits per heavy atom. The number of allylic oxidation sites excluding steroid dienone is 1. The highest BCUT2D eigenvalue weighted by Crippen LogP contribution is 2.31. The van der Waals surface area contributed by atoms with E-state index in [0.717, 1.165) is 54.8 Å².